The number of nitrogens with zero attached hydrogens (tertiary/aromatic N) is 2. The molecule has 0 aromatic carbocycles. The van der Waals surface area contributed by atoms with Crippen LogP contribution in [0.1, 0.15) is 72.6 Å². The van der Waals surface area contributed by atoms with Gasteiger partial charge in [-0.15, -0.1) is 0 Å². The summed E-state index contributed by atoms with van der Waals surface area (Å²) < 4.78 is 12.7. The number of carbonyl (C=O) groups is 1. The normalized spacial score (nSPS) is 40.8. The van der Waals surface area contributed by atoms with Gasteiger partial charge >= 0.3 is 5.97 Å². The van der Waals surface area contributed by atoms with Crippen LogP contribution >= 0.6 is 0 Å². The van der Waals surface area contributed by atoms with Crippen LogP contribution in [-0.4, -0.2) is 52.1 Å². The summed E-state index contributed by atoms with van der Waals surface area (Å²) in [4.78, 5) is 22.3. The molecule has 0 bridgehead atoms. The smallest absolute Gasteiger partial charge is 0.303 e. The maximum Gasteiger partial charge on any atom is 0.303 e. The molecule has 0 amide bonds. The molecular formula is C29H48N2O5Si. The highest BCUT2D eigenvalue weighted by atomic mass is 28.4. The van der Waals surface area contributed by atoms with E-state index < -0.39 is 13.9 Å². The van der Waals surface area contributed by atoms with Crippen LogP contribution in [0.25, 0.3) is 0 Å². The van der Waals surface area contributed by atoms with E-state index in [4.69, 9.17) is 18.8 Å². The zero-order chi connectivity index (χ0) is 27.2. The van der Waals surface area contributed by atoms with Crippen LogP contribution in [0.3, 0.4) is 0 Å². The maximum atomic E-state index is 11.8. The van der Waals surface area contributed by atoms with Gasteiger partial charge in [0.25, 0.3) is 0 Å². The maximum absolute atomic E-state index is 11.8. The lowest BCUT2D eigenvalue weighted by Crippen LogP contribution is -2.62. The molecule has 0 N–H and O–H groups in total. The molecule has 4 aliphatic carbocycles. The molecule has 7 nitrogen and oxygen atoms in total. The number of esters is 1. The Balaban J connectivity index is 1.74. The van der Waals surface area contributed by atoms with Crippen molar-refractivity contribution in [3.8, 4) is 0 Å². The summed E-state index contributed by atoms with van der Waals surface area (Å²) in [6, 6.07) is 0. The zero-order valence-electron chi connectivity index (χ0n) is 24.5. The van der Waals surface area contributed by atoms with Gasteiger partial charge in [-0.05, 0) is 99.7 Å². The van der Waals surface area contributed by atoms with E-state index in [1.165, 1.54) is 19.8 Å². The van der Waals surface area contributed by atoms with Gasteiger partial charge in [0, 0.05) is 12.3 Å². The molecule has 0 radical (unpaired) electrons. The van der Waals surface area contributed by atoms with Crippen molar-refractivity contribution in [2.24, 2.45) is 44.8 Å². The lowest BCUT2D eigenvalue weighted by atomic mass is 9.44. The van der Waals surface area contributed by atoms with Crippen LogP contribution < -0.4 is 0 Å². The number of rotatable bonds is 7. The first-order valence-corrected chi connectivity index (χ1v) is 17.5. The Morgan fingerprint density at radius 2 is 1.78 bits per heavy atom. The number of carbonyl (C=O) groups excluding carboxylic acids is 1. The molecule has 3 saturated carbocycles. The summed E-state index contributed by atoms with van der Waals surface area (Å²) in [6.45, 7) is 15.6. The molecule has 0 aliphatic heterocycles. The number of oxime groups is 2. The fourth-order valence-electron chi connectivity index (χ4n) is 8.90. The van der Waals surface area contributed by atoms with Gasteiger partial charge in [-0.25, -0.2) is 0 Å². The number of hydrogen-bond acceptors (Lipinski definition) is 7. The van der Waals surface area contributed by atoms with E-state index in [1.807, 2.05) is 0 Å². The molecule has 4 aliphatic rings. The van der Waals surface area contributed by atoms with Crippen LogP contribution in [0.5, 0.6) is 0 Å². The average Bonchev–Trinajstić information content (AvgIpc) is 3.09. The Morgan fingerprint density at radius 1 is 1.08 bits per heavy atom. The summed E-state index contributed by atoms with van der Waals surface area (Å²) >= 11 is 0. The van der Waals surface area contributed by atoms with Crippen LogP contribution in [0.2, 0.25) is 19.6 Å². The molecule has 208 valence electrons. The van der Waals surface area contributed by atoms with Gasteiger partial charge in [0.05, 0.1) is 5.71 Å². The van der Waals surface area contributed by atoms with Crippen molar-refractivity contribution >= 4 is 25.7 Å². The third kappa shape index (κ3) is 4.81. The van der Waals surface area contributed by atoms with E-state index in [0.29, 0.717) is 23.7 Å². The number of ether oxygens (including phenoxy) is 1. The van der Waals surface area contributed by atoms with Crippen molar-refractivity contribution < 1.29 is 23.6 Å². The van der Waals surface area contributed by atoms with Crippen LogP contribution in [0.15, 0.2) is 22.0 Å². The second-order valence-electron chi connectivity index (χ2n) is 13.3. The highest BCUT2D eigenvalue weighted by Crippen LogP contribution is 2.69. The Morgan fingerprint density at radius 3 is 2.41 bits per heavy atom. The molecule has 8 heteroatoms. The van der Waals surface area contributed by atoms with E-state index >= 15 is 0 Å². The summed E-state index contributed by atoms with van der Waals surface area (Å²) in [5, 5.41) is 8.79. The number of fused-ring (bicyclic) bond motifs is 5. The fraction of sp³-hybridized carbons (Fsp3) is 0.828. The van der Waals surface area contributed by atoms with E-state index in [1.54, 1.807) is 19.8 Å². The van der Waals surface area contributed by atoms with Crippen LogP contribution in [0, 0.1) is 34.5 Å². The second kappa shape index (κ2) is 10.1. The predicted octanol–water partition coefficient (Wildman–Crippen LogP) is 6.35. The summed E-state index contributed by atoms with van der Waals surface area (Å²) in [5.74, 6) is 2.00. The third-order valence-corrected chi connectivity index (χ3v) is 11.1. The van der Waals surface area contributed by atoms with Crippen molar-refractivity contribution in [2.75, 3.05) is 20.8 Å². The van der Waals surface area contributed by atoms with Gasteiger partial charge in [0.15, 0.2) is 8.32 Å². The lowest BCUT2D eigenvalue weighted by Gasteiger charge is -2.61. The minimum atomic E-state index is -1.99. The van der Waals surface area contributed by atoms with Gasteiger partial charge in [0.1, 0.15) is 32.1 Å². The summed E-state index contributed by atoms with van der Waals surface area (Å²) in [5.41, 5.74) is 2.91. The number of hydrogen-bond donors (Lipinski definition) is 0. The van der Waals surface area contributed by atoms with Crippen molar-refractivity contribution in [1.82, 2.24) is 0 Å². The first-order chi connectivity index (χ1) is 17.3. The fourth-order valence-corrected chi connectivity index (χ4v) is 10.4. The van der Waals surface area contributed by atoms with Crippen molar-refractivity contribution in [1.29, 1.82) is 0 Å². The molecular weight excluding hydrogens is 484 g/mol. The Labute approximate surface area is 224 Å². The molecule has 0 unspecified atom stereocenters. The minimum absolute atomic E-state index is 0.0966. The first kappa shape index (κ1) is 28.3. The highest BCUT2D eigenvalue weighted by Gasteiger charge is 2.67. The molecule has 7 atom stereocenters. The van der Waals surface area contributed by atoms with Crippen molar-refractivity contribution in [2.45, 2.75) is 97.9 Å². The SMILES string of the molecule is CO/N=C1\C=C2[C@@H](C)C[C@@H]3[C@H](CC[C@@]4(C)[C@H]3CC[C@]4(O[Si](C)(C)C)/C(COC(C)=O)=N/OC)[C@@]2(C)CC1. The van der Waals surface area contributed by atoms with Crippen molar-refractivity contribution in [3.05, 3.63) is 11.6 Å². The number of allylic oxidation sites excluding steroid dienone is 2. The zero-order valence-corrected chi connectivity index (χ0v) is 25.5. The van der Waals surface area contributed by atoms with E-state index in [0.717, 1.165) is 43.5 Å². The minimum Gasteiger partial charge on any atom is -0.459 e. The standard InChI is InChI=1S/C29H48N2O5Si/c1-19-16-22-23(27(3)13-10-21(30-33-5)17-25(19)27)11-14-28(4)24(22)12-15-29(28,36-37(7,8)9)26(31-34-6)18-35-20(2)32/h17,19,22-24H,10-16,18H2,1-9H3/b30-21-,31-26+/t19-,22+,23-,24-,27+,28-,29-/m0/s1. The van der Waals surface area contributed by atoms with E-state index in [2.05, 4.69) is 56.8 Å². The van der Waals surface area contributed by atoms with Crippen LogP contribution in [0.4, 0.5) is 0 Å². The Hall–Kier alpha value is -1.67. The van der Waals surface area contributed by atoms with Gasteiger partial charge < -0.3 is 18.8 Å². The van der Waals surface area contributed by atoms with Gasteiger partial charge in [0.2, 0.25) is 0 Å². The topological polar surface area (TPSA) is 78.7 Å². The molecule has 0 aromatic rings. The quantitative estimate of drug-likeness (QED) is 0.165. The van der Waals surface area contributed by atoms with E-state index in [-0.39, 0.29) is 23.4 Å². The summed E-state index contributed by atoms with van der Waals surface area (Å²) in [6.07, 6.45) is 9.87. The molecule has 4 rings (SSSR count). The molecule has 0 aromatic heterocycles. The van der Waals surface area contributed by atoms with Gasteiger partial charge in [-0.3, -0.25) is 4.79 Å². The van der Waals surface area contributed by atoms with Gasteiger partial charge in [-0.1, -0.05) is 36.7 Å². The van der Waals surface area contributed by atoms with Gasteiger partial charge in [-0.2, -0.15) is 0 Å². The average molecular weight is 533 g/mol. The predicted molar refractivity (Wildman–Crippen MR) is 149 cm³/mol. The Kier molecular flexibility index (Phi) is 7.76. The molecule has 3 fully saturated rings. The van der Waals surface area contributed by atoms with Crippen LogP contribution in [-0.2, 0) is 23.6 Å². The first-order valence-electron chi connectivity index (χ1n) is 14.1. The molecule has 0 saturated heterocycles. The molecule has 0 spiro atoms. The van der Waals surface area contributed by atoms with Crippen molar-refractivity contribution in [3.63, 3.8) is 0 Å². The van der Waals surface area contributed by atoms with E-state index in [9.17, 15) is 4.79 Å². The Bertz CT molecular complexity index is 987. The third-order valence-electron chi connectivity index (χ3n) is 10.2. The second-order valence-corrected chi connectivity index (χ2v) is 17.8. The lowest BCUT2D eigenvalue weighted by molar-refractivity contribution is -0.140. The largest absolute Gasteiger partial charge is 0.459 e. The molecule has 37 heavy (non-hydrogen) atoms. The highest BCUT2D eigenvalue weighted by molar-refractivity contribution is 6.70. The summed E-state index contributed by atoms with van der Waals surface area (Å²) in [7, 11) is 1.22. The monoisotopic (exact) mass is 532 g/mol. The molecule has 0 heterocycles.